The molecule has 0 aliphatic carbocycles. The van der Waals surface area contributed by atoms with Crippen LogP contribution in [-0.4, -0.2) is 18.4 Å². The van der Waals surface area contributed by atoms with E-state index in [2.05, 4.69) is 5.32 Å². The van der Waals surface area contributed by atoms with Crippen molar-refractivity contribution in [1.82, 2.24) is 5.32 Å². The van der Waals surface area contributed by atoms with Gasteiger partial charge in [0.15, 0.2) is 0 Å². The molecule has 0 amide bonds. The number of hydrogen-bond donors (Lipinski definition) is 3. The summed E-state index contributed by atoms with van der Waals surface area (Å²) in [6.45, 7) is 0.829. The number of rotatable bonds is 4. The molecule has 0 aliphatic rings. The van der Waals surface area contributed by atoms with E-state index in [1.165, 1.54) is 5.56 Å². The van der Waals surface area contributed by atoms with Crippen LogP contribution in [0.1, 0.15) is 5.56 Å². The standard InChI is InChI=1S/C9H14N2O/c10-9-3-1-8(2-4-9)5-6-11-7-12/h1-4,11-12H,5-7,10H2. The Bertz CT molecular complexity index is 220. The molecule has 0 aromatic heterocycles. The highest BCUT2D eigenvalue weighted by molar-refractivity contribution is 5.39. The second kappa shape index (κ2) is 4.74. The third-order valence-corrected chi connectivity index (χ3v) is 1.68. The summed E-state index contributed by atoms with van der Waals surface area (Å²) < 4.78 is 0. The molecule has 0 bridgehead atoms. The first-order chi connectivity index (χ1) is 5.83. The number of nitrogens with two attached hydrogens (primary N) is 1. The Hall–Kier alpha value is -1.06. The molecule has 0 heterocycles. The Morgan fingerprint density at radius 2 is 1.92 bits per heavy atom. The van der Waals surface area contributed by atoms with Gasteiger partial charge in [0.1, 0.15) is 0 Å². The monoisotopic (exact) mass is 166 g/mol. The van der Waals surface area contributed by atoms with Crippen molar-refractivity contribution >= 4 is 5.69 Å². The average Bonchev–Trinajstić information content (AvgIpc) is 2.09. The van der Waals surface area contributed by atoms with Gasteiger partial charge in [-0.05, 0) is 24.1 Å². The molecule has 0 unspecified atom stereocenters. The minimum atomic E-state index is 0.0367. The maximum absolute atomic E-state index is 8.46. The topological polar surface area (TPSA) is 58.3 Å². The van der Waals surface area contributed by atoms with Crippen LogP contribution in [0.5, 0.6) is 0 Å². The fourth-order valence-electron chi connectivity index (χ4n) is 0.996. The first kappa shape index (κ1) is 9.03. The fraction of sp³-hybridized carbons (Fsp3) is 0.333. The van der Waals surface area contributed by atoms with Crippen molar-refractivity contribution in [2.75, 3.05) is 19.0 Å². The molecule has 1 aromatic rings. The molecular weight excluding hydrogens is 152 g/mol. The normalized spacial score (nSPS) is 10.1. The van der Waals surface area contributed by atoms with E-state index in [9.17, 15) is 0 Å². The van der Waals surface area contributed by atoms with Crippen LogP contribution in [0.15, 0.2) is 24.3 Å². The van der Waals surface area contributed by atoms with Gasteiger partial charge >= 0.3 is 0 Å². The molecule has 0 spiro atoms. The van der Waals surface area contributed by atoms with Crippen molar-refractivity contribution in [2.45, 2.75) is 6.42 Å². The molecule has 66 valence electrons. The number of aliphatic hydroxyl groups excluding tert-OH is 1. The van der Waals surface area contributed by atoms with Crippen LogP contribution in [0.3, 0.4) is 0 Å². The van der Waals surface area contributed by atoms with Gasteiger partial charge in [0.25, 0.3) is 0 Å². The van der Waals surface area contributed by atoms with Crippen molar-refractivity contribution in [3.63, 3.8) is 0 Å². The lowest BCUT2D eigenvalue weighted by Crippen LogP contribution is -2.17. The van der Waals surface area contributed by atoms with Crippen molar-refractivity contribution in [2.24, 2.45) is 0 Å². The van der Waals surface area contributed by atoms with E-state index in [0.29, 0.717) is 0 Å². The Morgan fingerprint density at radius 3 is 2.50 bits per heavy atom. The molecule has 1 aromatic carbocycles. The number of hydrogen-bond acceptors (Lipinski definition) is 3. The second-order valence-electron chi connectivity index (χ2n) is 2.65. The SMILES string of the molecule is Nc1ccc(CCNCO)cc1. The van der Waals surface area contributed by atoms with Crippen LogP contribution in [0, 0.1) is 0 Å². The average molecular weight is 166 g/mol. The summed E-state index contributed by atoms with van der Waals surface area (Å²) in [7, 11) is 0. The van der Waals surface area contributed by atoms with Gasteiger partial charge in [0.05, 0.1) is 6.73 Å². The Morgan fingerprint density at radius 1 is 1.25 bits per heavy atom. The Labute approximate surface area is 72.2 Å². The lowest BCUT2D eigenvalue weighted by Gasteiger charge is -2.01. The van der Waals surface area contributed by atoms with E-state index >= 15 is 0 Å². The van der Waals surface area contributed by atoms with Gasteiger partial charge in [-0.2, -0.15) is 0 Å². The lowest BCUT2D eigenvalue weighted by atomic mass is 10.1. The largest absolute Gasteiger partial charge is 0.399 e. The minimum Gasteiger partial charge on any atom is -0.399 e. The second-order valence-corrected chi connectivity index (χ2v) is 2.65. The van der Waals surface area contributed by atoms with Crippen molar-refractivity contribution in [3.05, 3.63) is 29.8 Å². The summed E-state index contributed by atoms with van der Waals surface area (Å²) in [4.78, 5) is 0. The molecule has 0 aliphatic heterocycles. The van der Waals surface area contributed by atoms with Crippen LogP contribution in [0.25, 0.3) is 0 Å². The van der Waals surface area contributed by atoms with E-state index in [1.807, 2.05) is 24.3 Å². The molecular formula is C9H14N2O. The van der Waals surface area contributed by atoms with Gasteiger partial charge in [-0.1, -0.05) is 12.1 Å². The van der Waals surface area contributed by atoms with Crippen molar-refractivity contribution in [3.8, 4) is 0 Å². The predicted molar refractivity (Wildman–Crippen MR) is 49.6 cm³/mol. The maximum atomic E-state index is 8.46. The van der Waals surface area contributed by atoms with Crippen LogP contribution < -0.4 is 11.1 Å². The molecule has 0 saturated heterocycles. The van der Waals surface area contributed by atoms with E-state index in [1.54, 1.807) is 0 Å². The molecule has 0 atom stereocenters. The number of aliphatic hydroxyl groups is 1. The highest BCUT2D eigenvalue weighted by Crippen LogP contribution is 2.05. The smallest absolute Gasteiger partial charge is 0.0931 e. The molecule has 0 saturated carbocycles. The number of benzene rings is 1. The van der Waals surface area contributed by atoms with Gasteiger partial charge in [0, 0.05) is 12.2 Å². The third-order valence-electron chi connectivity index (χ3n) is 1.68. The summed E-state index contributed by atoms with van der Waals surface area (Å²) in [5, 5.41) is 11.3. The molecule has 3 heteroatoms. The number of nitrogen functional groups attached to an aromatic ring is 1. The summed E-state index contributed by atoms with van der Waals surface area (Å²) in [6, 6.07) is 7.76. The first-order valence-corrected chi connectivity index (χ1v) is 3.99. The minimum absolute atomic E-state index is 0.0367. The van der Waals surface area contributed by atoms with Crippen LogP contribution >= 0.6 is 0 Å². The van der Waals surface area contributed by atoms with Crippen LogP contribution in [0.2, 0.25) is 0 Å². The summed E-state index contributed by atoms with van der Waals surface area (Å²) in [5.74, 6) is 0. The van der Waals surface area contributed by atoms with Gasteiger partial charge < -0.3 is 10.8 Å². The summed E-state index contributed by atoms with van der Waals surface area (Å²) >= 11 is 0. The molecule has 3 nitrogen and oxygen atoms in total. The molecule has 0 fully saturated rings. The maximum Gasteiger partial charge on any atom is 0.0931 e. The van der Waals surface area contributed by atoms with E-state index in [-0.39, 0.29) is 6.73 Å². The van der Waals surface area contributed by atoms with E-state index in [0.717, 1.165) is 18.7 Å². The highest BCUT2D eigenvalue weighted by Gasteiger charge is 1.91. The third kappa shape index (κ3) is 2.90. The Kier molecular flexibility index (Phi) is 3.57. The number of anilines is 1. The van der Waals surface area contributed by atoms with Gasteiger partial charge in [0.2, 0.25) is 0 Å². The predicted octanol–water partition coefficient (Wildman–Crippen LogP) is 0.351. The molecule has 4 N–H and O–H groups in total. The molecule has 1 rings (SSSR count). The zero-order valence-electron chi connectivity index (χ0n) is 6.96. The quantitative estimate of drug-likeness (QED) is 0.343. The summed E-state index contributed by atoms with van der Waals surface area (Å²) in [6.07, 6.45) is 0.918. The van der Waals surface area contributed by atoms with Crippen molar-refractivity contribution in [1.29, 1.82) is 0 Å². The molecule has 12 heavy (non-hydrogen) atoms. The Balaban J connectivity index is 2.37. The van der Waals surface area contributed by atoms with Crippen LogP contribution in [0.4, 0.5) is 5.69 Å². The lowest BCUT2D eigenvalue weighted by molar-refractivity contribution is 0.262. The van der Waals surface area contributed by atoms with Gasteiger partial charge in [-0.3, -0.25) is 5.32 Å². The zero-order valence-corrected chi connectivity index (χ0v) is 6.96. The first-order valence-electron chi connectivity index (χ1n) is 3.99. The number of nitrogens with one attached hydrogen (secondary N) is 1. The van der Waals surface area contributed by atoms with E-state index < -0.39 is 0 Å². The zero-order chi connectivity index (χ0) is 8.81. The molecule has 0 radical (unpaired) electrons. The van der Waals surface area contributed by atoms with Gasteiger partial charge in [-0.15, -0.1) is 0 Å². The summed E-state index contributed by atoms with van der Waals surface area (Å²) in [5.41, 5.74) is 7.54. The fourth-order valence-corrected chi connectivity index (χ4v) is 0.996. The highest BCUT2D eigenvalue weighted by atomic mass is 16.3. The van der Waals surface area contributed by atoms with E-state index in [4.69, 9.17) is 10.8 Å². The van der Waals surface area contributed by atoms with Crippen LogP contribution in [-0.2, 0) is 6.42 Å². The van der Waals surface area contributed by atoms with Gasteiger partial charge in [-0.25, -0.2) is 0 Å². The van der Waals surface area contributed by atoms with Crippen molar-refractivity contribution < 1.29 is 5.11 Å².